The van der Waals surface area contributed by atoms with Gasteiger partial charge in [0.05, 0.1) is 0 Å². The summed E-state index contributed by atoms with van der Waals surface area (Å²) in [4.78, 5) is 4.32. The van der Waals surface area contributed by atoms with Crippen LogP contribution in [0.1, 0.15) is 49.6 Å². The van der Waals surface area contributed by atoms with Gasteiger partial charge in [0.1, 0.15) is 0 Å². The molecule has 26 heavy (non-hydrogen) atoms. The Bertz CT molecular complexity index is 757. The Morgan fingerprint density at radius 1 is 0.769 bits per heavy atom. The van der Waals surface area contributed by atoms with E-state index in [1.54, 1.807) is 0 Å². The molecule has 0 bridgehead atoms. The lowest BCUT2D eigenvalue weighted by Gasteiger charge is -2.02. The molecule has 0 N–H and O–H groups in total. The zero-order valence-corrected chi connectivity index (χ0v) is 16.5. The molecule has 9 heteroatoms. The second kappa shape index (κ2) is 9.72. The van der Waals surface area contributed by atoms with Crippen LogP contribution >= 0.6 is 23.5 Å². The van der Waals surface area contributed by atoms with Gasteiger partial charge in [-0.05, 0) is 24.0 Å². The molecule has 7 nitrogen and oxygen atoms in total. The normalized spacial score (nSPS) is 11.2. The Hall–Kier alpha value is -1.87. The van der Waals surface area contributed by atoms with Gasteiger partial charge in [-0.25, -0.2) is 0 Å². The second-order valence-corrected chi connectivity index (χ2v) is 7.56. The van der Waals surface area contributed by atoms with Gasteiger partial charge in [-0.2, -0.15) is 0 Å². The SMILES string of the molecule is CCCc1nnc(SCc2cncc(CSc3nnc(CCC)o3)c2)o1. The van der Waals surface area contributed by atoms with Crippen molar-refractivity contribution >= 4 is 23.5 Å². The van der Waals surface area contributed by atoms with Crippen LogP contribution in [0.15, 0.2) is 37.7 Å². The number of hydrogen-bond acceptors (Lipinski definition) is 9. The van der Waals surface area contributed by atoms with Crippen molar-refractivity contribution in [3.8, 4) is 0 Å². The first-order valence-corrected chi connectivity index (χ1v) is 10.6. The van der Waals surface area contributed by atoms with E-state index in [4.69, 9.17) is 8.83 Å². The van der Waals surface area contributed by atoms with Crippen molar-refractivity contribution in [3.63, 3.8) is 0 Å². The van der Waals surface area contributed by atoms with Crippen LogP contribution in [0, 0.1) is 0 Å². The molecule has 0 amide bonds. The number of rotatable bonds is 10. The minimum atomic E-state index is 0.600. The Balaban J connectivity index is 1.51. The van der Waals surface area contributed by atoms with E-state index in [1.807, 2.05) is 12.4 Å². The summed E-state index contributed by atoms with van der Waals surface area (Å²) in [5, 5.41) is 17.4. The van der Waals surface area contributed by atoms with E-state index < -0.39 is 0 Å². The van der Waals surface area contributed by atoms with E-state index in [0.717, 1.165) is 48.3 Å². The summed E-state index contributed by atoms with van der Waals surface area (Å²) in [6, 6.07) is 2.12. The molecule has 0 saturated carbocycles. The monoisotopic (exact) mass is 391 g/mol. The highest BCUT2D eigenvalue weighted by Gasteiger charge is 2.09. The summed E-state index contributed by atoms with van der Waals surface area (Å²) < 4.78 is 11.2. The lowest BCUT2D eigenvalue weighted by molar-refractivity contribution is 0.411. The minimum Gasteiger partial charge on any atom is -0.416 e. The van der Waals surface area contributed by atoms with Crippen LogP contribution in [0.3, 0.4) is 0 Å². The fourth-order valence-corrected chi connectivity index (χ4v) is 3.62. The molecule has 138 valence electrons. The van der Waals surface area contributed by atoms with Crippen molar-refractivity contribution in [2.24, 2.45) is 0 Å². The molecule has 3 aromatic rings. The number of pyridine rings is 1. The van der Waals surface area contributed by atoms with Crippen molar-refractivity contribution in [3.05, 3.63) is 41.4 Å². The number of aryl methyl sites for hydroxylation is 2. The molecule has 0 aliphatic rings. The van der Waals surface area contributed by atoms with Gasteiger partial charge in [0.2, 0.25) is 11.8 Å². The van der Waals surface area contributed by atoms with Crippen LogP contribution in [0.4, 0.5) is 0 Å². The average molecular weight is 392 g/mol. The molecule has 0 spiro atoms. The van der Waals surface area contributed by atoms with Crippen LogP contribution in [0.25, 0.3) is 0 Å². The molecule has 3 heterocycles. The largest absolute Gasteiger partial charge is 0.416 e. The second-order valence-electron chi connectivity index (χ2n) is 5.70. The first-order chi connectivity index (χ1) is 12.8. The Kier molecular flexibility index (Phi) is 7.07. The predicted molar refractivity (Wildman–Crippen MR) is 99.9 cm³/mol. The van der Waals surface area contributed by atoms with Gasteiger partial charge in [-0.3, -0.25) is 4.98 Å². The summed E-state index contributed by atoms with van der Waals surface area (Å²) in [6.07, 6.45) is 7.34. The van der Waals surface area contributed by atoms with Gasteiger partial charge in [-0.1, -0.05) is 43.4 Å². The topological polar surface area (TPSA) is 90.7 Å². The molecule has 0 unspecified atom stereocenters. The maximum absolute atomic E-state index is 5.59. The predicted octanol–water partition coefficient (Wildman–Crippen LogP) is 4.34. The highest BCUT2D eigenvalue weighted by molar-refractivity contribution is 7.98. The first-order valence-electron chi connectivity index (χ1n) is 8.60. The lowest BCUT2D eigenvalue weighted by atomic mass is 10.2. The van der Waals surface area contributed by atoms with Crippen molar-refractivity contribution in [1.29, 1.82) is 0 Å². The number of nitrogens with zero attached hydrogens (tertiary/aromatic N) is 5. The third-order valence-electron chi connectivity index (χ3n) is 3.40. The fourth-order valence-electron chi connectivity index (χ4n) is 2.21. The molecule has 0 saturated heterocycles. The van der Waals surface area contributed by atoms with Crippen molar-refractivity contribution in [2.75, 3.05) is 0 Å². The van der Waals surface area contributed by atoms with Crippen LogP contribution < -0.4 is 0 Å². The summed E-state index contributed by atoms with van der Waals surface area (Å²) in [6.45, 7) is 4.18. The molecule has 0 radical (unpaired) electrons. The molecule has 0 aliphatic heterocycles. The van der Waals surface area contributed by atoms with Crippen molar-refractivity contribution in [1.82, 2.24) is 25.4 Å². The van der Waals surface area contributed by atoms with E-state index in [9.17, 15) is 0 Å². The molecule has 0 aromatic carbocycles. The van der Waals surface area contributed by atoms with Gasteiger partial charge in [0.25, 0.3) is 10.4 Å². The van der Waals surface area contributed by atoms with Crippen LogP contribution in [-0.4, -0.2) is 25.4 Å². The highest BCUT2D eigenvalue weighted by atomic mass is 32.2. The third kappa shape index (κ3) is 5.57. The zero-order valence-electron chi connectivity index (χ0n) is 14.8. The maximum atomic E-state index is 5.59. The summed E-state index contributed by atoms with van der Waals surface area (Å²) in [5.41, 5.74) is 2.22. The van der Waals surface area contributed by atoms with E-state index in [0.29, 0.717) is 22.2 Å². The lowest BCUT2D eigenvalue weighted by Crippen LogP contribution is -1.88. The molecule has 3 rings (SSSR count). The summed E-state index contributed by atoms with van der Waals surface area (Å²) in [7, 11) is 0. The molecular weight excluding hydrogens is 370 g/mol. The standard InChI is InChI=1S/C17H21N5O2S2/c1-3-5-14-19-21-16(23-14)25-10-12-7-13(9-18-8-12)11-26-17-22-20-15(24-17)6-4-2/h7-9H,3-6,10-11H2,1-2H3. The Labute approximate surface area is 160 Å². The van der Waals surface area contributed by atoms with Gasteiger partial charge in [-0.15, -0.1) is 20.4 Å². The average Bonchev–Trinajstić information content (AvgIpc) is 3.29. The number of hydrogen-bond donors (Lipinski definition) is 0. The van der Waals surface area contributed by atoms with Gasteiger partial charge in [0, 0.05) is 36.7 Å². The molecule has 3 aromatic heterocycles. The molecule has 0 fully saturated rings. The van der Waals surface area contributed by atoms with E-state index in [-0.39, 0.29) is 0 Å². The summed E-state index contributed by atoms with van der Waals surface area (Å²) >= 11 is 3.05. The van der Waals surface area contributed by atoms with Crippen molar-refractivity contribution < 1.29 is 8.83 Å². The third-order valence-corrected chi connectivity index (χ3v) is 5.18. The van der Waals surface area contributed by atoms with Gasteiger partial charge < -0.3 is 8.83 Å². The Morgan fingerprint density at radius 3 is 1.73 bits per heavy atom. The van der Waals surface area contributed by atoms with Crippen LogP contribution in [-0.2, 0) is 24.3 Å². The van der Waals surface area contributed by atoms with Crippen molar-refractivity contribution in [2.45, 2.75) is 61.5 Å². The maximum Gasteiger partial charge on any atom is 0.276 e. The van der Waals surface area contributed by atoms with E-state index >= 15 is 0 Å². The molecule has 0 aliphatic carbocycles. The number of thioether (sulfide) groups is 2. The zero-order chi connectivity index (χ0) is 18.2. The number of aromatic nitrogens is 5. The van der Waals surface area contributed by atoms with E-state index in [2.05, 4.69) is 45.3 Å². The van der Waals surface area contributed by atoms with Gasteiger partial charge >= 0.3 is 0 Å². The minimum absolute atomic E-state index is 0.600. The van der Waals surface area contributed by atoms with E-state index in [1.165, 1.54) is 23.5 Å². The first kappa shape index (κ1) is 18.9. The molecular formula is C17H21N5O2S2. The van der Waals surface area contributed by atoms with Crippen LogP contribution in [0.5, 0.6) is 0 Å². The molecule has 0 atom stereocenters. The van der Waals surface area contributed by atoms with Crippen LogP contribution in [0.2, 0.25) is 0 Å². The highest BCUT2D eigenvalue weighted by Crippen LogP contribution is 2.25. The Morgan fingerprint density at radius 2 is 1.27 bits per heavy atom. The fraction of sp³-hybridized carbons (Fsp3) is 0.471. The quantitative estimate of drug-likeness (QED) is 0.468. The smallest absolute Gasteiger partial charge is 0.276 e. The van der Waals surface area contributed by atoms with Gasteiger partial charge in [0.15, 0.2) is 0 Å². The summed E-state index contributed by atoms with van der Waals surface area (Å²) in [5.74, 6) is 2.86.